The quantitative estimate of drug-likeness (QED) is 0.296. The first-order valence-electron chi connectivity index (χ1n) is 10.6. The molecule has 0 aliphatic carbocycles. The Morgan fingerprint density at radius 3 is 1.81 bits per heavy atom. The Kier molecular flexibility index (Phi) is 3.64. The second kappa shape index (κ2) is 6.55. The number of para-hydroxylation sites is 1. The lowest BCUT2D eigenvalue weighted by molar-refractivity contribution is 0.678. The third kappa shape index (κ3) is 2.33. The summed E-state index contributed by atoms with van der Waals surface area (Å²) in [7, 11) is -1.34. The summed E-state index contributed by atoms with van der Waals surface area (Å²) in [4.78, 5) is 0.816. The van der Waals surface area contributed by atoms with Crippen molar-refractivity contribution in [2.75, 3.05) is 0 Å². The average molecular weight is 431 g/mol. The number of nitrogens with zero attached hydrogens (tertiary/aromatic N) is 2. The van der Waals surface area contributed by atoms with E-state index in [0.29, 0.717) is 0 Å². The highest BCUT2D eigenvalue weighted by Crippen LogP contribution is 2.43. The van der Waals surface area contributed by atoms with E-state index >= 15 is 0 Å². The van der Waals surface area contributed by atoms with Gasteiger partial charge in [-0.25, -0.2) is 4.21 Å². The van der Waals surface area contributed by atoms with E-state index in [9.17, 15) is 4.21 Å². The van der Waals surface area contributed by atoms with Gasteiger partial charge in [0.25, 0.3) is 0 Å². The van der Waals surface area contributed by atoms with Gasteiger partial charge in [0, 0.05) is 34.3 Å². The molecule has 1 unspecified atom stereocenters. The van der Waals surface area contributed by atoms with Crippen molar-refractivity contribution in [3.63, 3.8) is 0 Å². The smallest absolute Gasteiger partial charge is 0.159 e. The molecule has 0 saturated carbocycles. The molecule has 0 bridgehead atoms. The van der Waals surface area contributed by atoms with Crippen molar-refractivity contribution < 1.29 is 4.21 Å². The minimum atomic E-state index is -1.34. The molecule has 0 N–H and O–H groups in total. The van der Waals surface area contributed by atoms with Gasteiger partial charge < -0.3 is 4.57 Å². The van der Waals surface area contributed by atoms with E-state index in [0.717, 1.165) is 43.5 Å². The molecule has 7 rings (SSSR count). The second-order valence-electron chi connectivity index (χ2n) is 8.09. The first kappa shape index (κ1) is 17.8. The molecule has 0 fully saturated rings. The van der Waals surface area contributed by atoms with E-state index in [2.05, 4.69) is 71.6 Å². The molecule has 4 heteroatoms. The average Bonchev–Trinajstić information content (AvgIpc) is 3.41. The van der Waals surface area contributed by atoms with Gasteiger partial charge in [-0.15, -0.1) is 0 Å². The van der Waals surface area contributed by atoms with Gasteiger partial charge in [0.1, 0.15) is 0 Å². The molecule has 1 aliphatic rings. The standard InChI is InChI=1S/C28H18N2OS/c31-32-26-14-8-7-13-25(26)29-17-23(19-9-3-1-4-10-19)21-15-16-22-24(20-11-5-2-6-12-20)18-30(32)28(22)27(21)29/h1-18H. The predicted octanol–water partition coefficient (Wildman–Crippen LogP) is 6.80. The number of rotatable bonds is 2. The molecule has 0 radical (unpaired) electrons. The van der Waals surface area contributed by atoms with Crippen LogP contribution in [0.3, 0.4) is 0 Å². The van der Waals surface area contributed by atoms with Gasteiger partial charge in [0.2, 0.25) is 0 Å². The summed E-state index contributed by atoms with van der Waals surface area (Å²) in [5.74, 6) is 0. The molecule has 0 spiro atoms. The molecule has 1 atom stereocenters. The van der Waals surface area contributed by atoms with E-state index in [-0.39, 0.29) is 0 Å². The van der Waals surface area contributed by atoms with Crippen LogP contribution < -0.4 is 0 Å². The normalized spacial score (nSPS) is 14.7. The van der Waals surface area contributed by atoms with Gasteiger partial charge in [-0.1, -0.05) is 84.9 Å². The third-order valence-electron chi connectivity index (χ3n) is 6.36. The van der Waals surface area contributed by atoms with Gasteiger partial charge >= 0.3 is 0 Å². The molecule has 6 aromatic rings. The Labute approximate surface area is 187 Å². The van der Waals surface area contributed by atoms with E-state index < -0.39 is 11.0 Å². The van der Waals surface area contributed by atoms with Crippen molar-refractivity contribution in [2.24, 2.45) is 0 Å². The summed E-state index contributed by atoms with van der Waals surface area (Å²) in [6, 6.07) is 33.2. The lowest BCUT2D eigenvalue weighted by Crippen LogP contribution is -2.04. The van der Waals surface area contributed by atoms with Crippen LogP contribution in [-0.2, 0) is 11.0 Å². The van der Waals surface area contributed by atoms with E-state index in [4.69, 9.17) is 0 Å². The highest BCUT2D eigenvalue weighted by atomic mass is 32.2. The molecule has 3 nitrogen and oxygen atoms in total. The first-order valence-corrected chi connectivity index (χ1v) is 11.7. The SMILES string of the molecule is O=S1c2ccccc2-n2cc(-c3ccccc3)c3ccc4c(-c5ccccc5)cn1c4c32. The van der Waals surface area contributed by atoms with E-state index in [1.165, 1.54) is 11.1 Å². The Bertz CT molecular complexity index is 1680. The third-order valence-corrected chi connectivity index (χ3v) is 7.73. The van der Waals surface area contributed by atoms with E-state index in [1.54, 1.807) is 0 Å². The Morgan fingerprint density at radius 1 is 0.562 bits per heavy atom. The monoisotopic (exact) mass is 430 g/mol. The fourth-order valence-corrected chi connectivity index (χ4v) is 6.23. The van der Waals surface area contributed by atoms with Crippen molar-refractivity contribution in [3.05, 3.63) is 109 Å². The van der Waals surface area contributed by atoms with Gasteiger partial charge in [0.05, 0.1) is 21.6 Å². The number of aromatic nitrogens is 2. The Balaban J connectivity index is 1.68. The highest BCUT2D eigenvalue weighted by Gasteiger charge is 2.27. The van der Waals surface area contributed by atoms with Crippen LogP contribution >= 0.6 is 0 Å². The fraction of sp³-hybridized carbons (Fsp3) is 0. The molecule has 1 aliphatic heterocycles. The largest absolute Gasteiger partial charge is 0.313 e. The maximum Gasteiger partial charge on any atom is 0.159 e. The van der Waals surface area contributed by atoms with E-state index in [1.807, 2.05) is 46.4 Å². The lowest BCUT2D eigenvalue weighted by atomic mass is 10.0. The zero-order chi connectivity index (χ0) is 21.2. The van der Waals surface area contributed by atoms with Crippen molar-refractivity contribution in [1.29, 1.82) is 0 Å². The van der Waals surface area contributed by atoms with Crippen molar-refractivity contribution in [2.45, 2.75) is 4.90 Å². The van der Waals surface area contributed by atoms with Gasteiger partial charge in [-0.3, -0.25) is 3.97 Å². The zero-order valence-corrected chi connectivity index (χ0v) is 17.9. The Hall–Kier alpha value is -3.89. The molecule has 3 heterocycles. The molecule has 2 aromatic heterocycles. The zero-order valence-electron chi connectivity index (χ0n) is 17.1. The van der Waals surface area contributed by atoms with Gasteiger partial charge in [-0.05, 0) is 23.3 Å². The van der Waals surface area contributed by atoms with Crippen molar-refractivity contribution in [1.82, 2.24) is 8.54 Å². The highest BCUT2D eigenvalue weighted by molar-refractivity contribution is 7.83. The fourth-order valence-electron chi connectivity index (χ4n) is 4.92. The first-order chi connectivity index (χ1) is 15.8. The lowest BCUT2D eigenvalue weighted by Gasteiger charge is -2.08. The molecule has 4 aromatic carbocycles. The second-order valence-corrected chi connectivity index (χ2v) is 9.42. The van der Waals surface area contributed by atoms with Crippen molar-refractivity contribution >= 4 is 32.8 Å². The molecule has 32 heavy (non-hydrogen) atoms. The molecular formula is C28H18N2OS. The number of fused-ring (bicyclic) bond motifs is 2. The van der Waals surface area contributed by atoms with Crippen LogP contribution in [0, 0.1) is 0 Å². The van der Waals surface area contributed by atoms with Gasteiger partial charge in [-0.2, -0.15) is 0 Å². The van der Waals surface area contributed by atoms with Crippen LogP contribution in [0.2, 0.25) is 0 Å². The number of hydrogen-bond acceptors (Lipinski definition) is 1. The van der Waals surface area contributed by atoms with Crippen LogP contribution in [0.5, 0.6) is 0 Å². The molecule has 0 saturated heterocycles. The van der Waals surface area contributed by atoms with Crippen LogP contribution in [0.4, 0.5) is 0 Å². The van der Waals surface area contributed by atoms with Gasteiger partial charge in [0.15, 0.2) is 11.0 Å². The summed E-state index contributed by atoms with van der Waals surface area (Å²) in [6.45, 7) is 0. The predicted molar refractivity (Wildman–Crippen MR) is 131 cm³/mol. The number of benzene rings is 4. The van der Waals surface area contributed by atoms with Crippen LogP contribution in [0.25, 0.3) is 49.7 Å². The summed E-state index contributed by atoms with van der Waals surface area (Å²) in [6.07, 6.45) is 4.25. The minimum absolute atomic E-state index is 0.816. The maximum absolute atomic E-state index is 13.8. The van der Waals surface area contributed by atoms with Crippen LogP contribution in [0.15, 0.2) is 114 Å². The molecule has 0 amide bonds. The topological polar surface area (TPSA) is 26.9 Å². The molecular weight excluding hydrogens is 412 g/mol. The molecule has 152 valence electrons. The maximum atomic E-state index is 13.8. The summed E-state index contributed by atoms with van der Waals surface area (Å²) in [5, 5.41) is 2.28. The summed E-state index contributed by atoms with van der Waals surface area (Å²) in [5.41, 5.74) is 7.66. The minimum Gasteiger partial charge on any atom is -0.313 e. The summed E-state index contributed by atoms with van der Waals surface area (Å²) < 4.78 is 18.0. The van der Waals surface area contributed by atoms with Crippen molar-refractivity contribution in [3.8, 4) is 27.9 Å². The van der Waals surface area contributed by atoms with Crippen LogP contribution in [0.1, 0.15) is 0 Å². The summed E-state index contributed by atoms with van der Waals surface area (Å²) >= 11 is 0. The Morgan fingerprint density at radius 2 is 1.12 bits per heavy atom. The van der Waals surface area contributed by atoms with Crippen LogP contribution in [-0.4, -0.2) is 12.7 Å². The number of hydrogen-bond donors (Lipinski definition) is 0.